The average molecular weight is 265 g/mol. The van der Waals surface area contributed by atoms with Gasteiger partial charge in [0.15, 0.2) is 0 Å². The number of carboxylic acid groups (broad SMARTS) is 1. The smallest absolute Gasteiger partial charge is 0.337 e. The maximum Gasteiger partial charge on any atom is 0.337 e. The third kappa shape index (κ3) is 2.57. The molecule has 1 aromatic carbocycles. The monoisotopic (exact) mass is 265 g/mol. The van der Waals surface area contributed by atoms with Gasteiger partial charge in [0.05, 0.1) is 12.2 Å². The van der Waals surface area contributed by atoms with E-state index in [0.29, 0.717) is 5.52 Å². The van der Waals surface area contributed by atoms with Gasteiger partial charge in [-0.3, -0.25) is 4.79 Å². The molecule has 1 N–H and O–H groups in total. The number of nitrogens with zero attached hydrogens (tertiary/aromatic N) is 1. The fraction of sp³-hybridized carbons (Fsp3) is 0.231. The molecule has 2 aromatic rings. The number of hydrogen-bond donors (Lipinski definition) is 1. The Labute approximate surface area is 108 Å². The summed E-state index contributed by atoms with van der Waals surface area (Å²) in [5, 5.41) is 9.33. The van der Waals surface area contributed by atoms with Crippen molar-refractivity contribution in [2.24, 2.45) is 0 Å². The number of carboxylic acids is 1. The molecule has 1 heterocycles. The van der Waals surface area contributed by atoms with Crippen LogP contribution in [0.15, 0.2) is 24.4 Å². The number of ether oxygens (including phenoxy) is 1. The fourth-order valence-corrected chi connectivity index (χ4v) is 1.92. The second-order valence-electron chi connectivity index (χ2n) is 3.94. The molecular formula is C13H12FNO4. The minimum absolute atomic E-state index is 0.0428. The number of carbonyl (C=O) groups excluding carboxylic acids is 1. The van der Waals surface area contributed by atoms with Gasteiger partial charge < -0.3 is 14.4 Å². The zero-order chi connectivity index (χ0) is 14.0. The lowest BCUT2D eigenvalue weighted by Crippen LogP contribution is -2.12. The van der Waals surface area contributed by atoms with Crippen LogP contribution in [-0.2, 0) is 16.1 Å². The molecule has 0 aliphatic rings. The highest BCUT2D eigenvalue weighted by atomic mass is 19.1. The topological polar surface area (TPSA) is 68.5 Å². The van der Waals surface area contributed by atoms with Gasteiger partial charge in [0, 0.05) is 17.1 Å². The molecule has 0 radical (unpaired) electrons. The Morgan fingerprint density at radius 2 is 2.16 bits per heavy atom. The van der Waals surface area contributed by atoms with Gasteiger partial charge in [0.1, 0.15) is 12.4 Å². The lowest BCUT2D eigenvalue weighted by atomic mass is 10.2. The van der Waals surface area contributed by atoms with Crippen molar-refractivity contribution in [2.45, 2.75) is 13.5 Å². The van der Waals surface area contributed by atoms with Crippen LogP contribution in [-0.4, -0.2) is 28.2 Å². The summed E-state index contributed by atoms with van der Waals surface area (Å²) in [6.45, 7) is 1.82. The van der Waals surface area contributed by atoms with Gasteiger partial charge in [0.25, 0.3) is 0 Å². The van der Waals surface area contributed by atoms with Crippen molar-refractivity contribution in [3.8, 4) is 0 Å². The number of aromatic nitrogens is 1. The molecular weight excluding hydrogens is 253 g/mol. The lowest BCUT2D eigenvalue weighted by Gasteiger charge is -2.04. The van der Waals surface area contributed by atoms with E-state index in [2.05, 4.69) is 0 Å². The summed E-state index contributed by atoms with van der Waals surface area (Å²) >= 11 is 0. The summed E-state index contributed by atoms with van der Waals surface area (Å²) in [7, 11) is 0. The summed E-state index contributed by atoms with van der Waals surface area (Å²) in [6, 6.07) is 3.80. The van der Waals surface area contributed by atoms with E-state index in [0.717, 1.165) is 6.07 Å². The van der Waals surface area contributed by atoms with Crippen LogP contribution in [0.1, 0.15) is 17.3 Å². The third-order valence-electron chi connectivity index (χ3n) is 2.68. The zero-order valence-electron chi connectivity index (χ0n) is 10.2. The van der Waals surface area contributed by atoms with Crippen molar-refractivity contribution in [1.82, 2.24) is 4.57 Å². The zero-order valence-corrected chi connectivity index (χ0v) is 10.2. The van der Waals surface area contributed by atoms with Gasteiger partial charge in [-0.1, -0.05) is 0 Å². The standard InChI is InChI=1S/C13H12FNO4/c1-2-19-12(16)7-15-6-10(13(17)18)9-5-8(14)3-4-11(9)15/h3-6H,2,7H2,1H3,(H,17,18). The number of hydrogen-bond acceptors (Lipinski definition) is 3. The van der Waals surface area contributed by atoms with Crippen LogP contribution >= 0.6 is 0 Å². The van der Waals surface area contributed by atoms with E-state index in [9.17, 15) is 14.0 Å². The molecule has 2 rings (SSSR count). The first-order valence-electron chi connectivity index (χ1n) is 5.70. The van der Waals surface area contributed by atoms with E-state index in [4.69, 9.17) is 9.84 Å². The highest BCUT2D eigenvalue weighted by Crippen LogP contribution is 2.22. The first kappa shape index (κ1) is 13.1. The van der Waals surface area contributed by atoms with Crippen molar-refractivity contribution >= 4 is 22.8 Å². The van der Waals surface area contributed by atoms with E-state index < -0.39 is 17.8 Å². The maximum atomic E-state index is 13.2. The molecule has 5 nitrogen and oxygen atoms in total. The summed E-state index contributed by atoms with van der Waals surface area (Å²) in [5.41, 5.74) is 0.436. The molecule has 0 atom stereocenters. The predicted octanol–water partition coefficient (Wildman–Crippen LogP) is 2.04. The van der Waals surface area contributed by atoms with Gasteiger partial charge >= 0.3 is 11.9 Å². The quantitative estimate of drug-likeness (QED) is 0.859. The molecule has 0 aliphatic heterocycles. The van der Waals surface area contributed by atoms with Crippen molar-refractivity contribution in [3.63, 3.8) is 0 Å². The molecule has 0 unspecified atom stereocenters. The number of fused-ring (bicyclic) bond motifs is 1. The number of benzene rings is 1. The number of rotatable bonds is 4. The van der Waals surface area contributed by atoms with Gasteiger partial charge in [0.2, 0.25) is 0 Å². The highest BCUT2D eigenvalue weighted by Gasteiger charge is 2.16. The van der Waals surface area contributed by atoms with Crippen LogP contribution in [0, 0.1) is 5.82 Å². The Hall–Kier alpha value is -2.37. The SMILES string of the molecule is CCOC(=O)Cn1cc(C(=O)O)c2cc(F)ccc21. The molecule has 100 valence electrons. The van der Waals surface area contributed by atoms with Crippen LogP contribution in [0.25, 0.3) is 10.9 Å². The number of aromatic carboxylic acids is 1. The predicted molar refractivity (Wildman–Crippen MR) is 65.5 cm³/mol. The van der Waals surface area contributed by atoms with Crippen LogP contribution in [0.2, 0.25) is 0 Å². The second kappa shape index (κ2) is 5.09. The molecule has 0 aliphatic carbocycles. The van der Waals surface area contributed by atoms with Crippen LogP contribution < -0.4 is 0 Å². The van der Waals surface area contributed by atoms with Crippen molar-refractivity contribution in [3.05, 3.63) is 35.8 Å². The van der Waals surface area contributed by atoms with Gasteiger partial charge in [-0.2, -0.15) is 0 Å². The minimum atomic E-state index is -1.17. The Bertz CT molecular complexity index is 647. The van der Waals surface area contributed by atoms with Crippen molar-refractivity contribution in [1.29, 1.82) is 0 Å². The first-order chi connectivity index (χ1) is 9.02. The number of carbonyl (C=O) groups is 2. The fourth-order valence-electron chi connectivity index (χ4n) is 1.92. The van der Waals surface area contributed by atoms with Gasteiger partial charge in [-0.25, -0.2) is 9.18 Å². The van der Waals surface area contributed by atoms with E-state index in [1.165, 1.54) is 22.9 Å². The molecule has 0 fully saturated rings. The Balaban J connectivity index is 2.50. The molecule has 0 saturated carbocycles. The number of esters is 1. The van der Waals surface area contributed by atoms with Crippen molar-refractivity contribution in [2.75, 3.05) is 6.61 Å². The Morgan fingerprint density at radius 1 is 1.42 bits per heavy atom. The van der Waals surface area contributed by atoms with Gasteiger partial charge in [-0.15, -0.1) is 0 Å². The van der Waals surface area contributed by atoms with Crippen molar-refractivity contribution < 1.29 is 23.8 Å². The van der Waals surface area contributed by atoms with E-state index in [1.807, 2.05) is 0 Å². The van der Waals surface area contributed by atoms with Crippen LogP contribution in [0.5, 0.6) is 0 Å². The van der Waals surface area contributed by atoms with E-state index in [-0.39, 0.29) is 24.1 Å². The average Bonchev–Trinajstić information content (AvgIpc) is 2.67. The summed E-state index contributed by atoms with van der Waals surface area (Å²) in [6.07, 6.45) is 1.31. The summed E-state index contributed by atoms with van der Waals surface area (Å²) < 4.78 is 19.4. The third-order valence-corrected chi connectivity index (χ3v) is 2.68. The highest BCUT2D eigenvalue weighted by molar-refractivity contribution is 6.03. The molecule has 0 spiro atoms. The first-order valence-corrected chi connectivity index (χ1v) is 5.70. The molecule has 0 amide bonds. The molecule has 6 heteroatoms. The molecule has 1 aromatic heterocycles. The lowest BCUT2D eigenvalue weighted by molar-refractivity contribution is -0.143. The van der Waals surface area contributed by atoms with Crippen LogP contribution in [0.3, 0.4) is 0 Å². The van der Waals surface area contributed by atoms with E-state index >= 15 is 0 Å². The minimum Gasteiger partial charge on any atom is -0.478 e. The van der Waals surface area contributed by atoms with Crippen LogP contribution in [0.4, 0.5) is 4.39 Å². The summed E-state index contributed by atoms with van der Waals surface area (Å²) in [5.74, 6) is -2.16. The Morgan fingerprint density at radius 3 is 2.79 bits per heavy atom. The second-order valence-corrected chi connectivity index (χ2v) is 3.94. The molecule has 0 saturated heterocycles. The Kier molecular flexibility index (Phi) is 3.50. The number of halogens is 1. The normalized spacial score (nSPS) is 10.6. The van der Waals surface area contributed by atoms with E-state index in [1.54, 1.807) is 6.92 Å². The largest absolute Gasteiger partial charge is 0.478 e. The van der Waals surface area contributed by atoms with Gasteiger partial charge in [-0.05, 0) is 25.1 Å². The molecule has 0 bridgehead atoms. The molecule has 19 heavy (non-hydrogen) atoms. The maximum absolute atomic E-state index is 13.2. The summed E-state index contributed by atoms with van der Waals surface area (Å²) in [4.78, 5) is 22.5.